The molecule has 4 N–H and O–H groups in total. The first-order valence-corrected chi connectivity index (χ1v) is 11.6. The Labute approximate surface area is 205 Å². The van der Waals surface area contributed by atoms with Crippen LogP contribution in [0.5, 0.6) is 0 Å². The molecule has 0 fully saturated rings. The SMILES string of the molecule is C[C@@H](CO)NC(=O)C[C@H]1CC=CC[C@@H](NC(=O)OCc2ccccc2)C(=O)OCC(C)(C)NC1=O. The summed E-state index contributed by atoms with van der Waals surface area (Å²) in [6, 6.07) is 7.75. The second kappa shape index (κ2) is 13.5. The maximum atomic E-state index is 12.8. The highest BCUT2D eigenvalue weighted by molar-refractivity contribution is 5.86. The van der Waals surface area contributed by atoms with Crippen molar-refractivity contribution in [3.8, 4) is 0 Å². The molecule has 0 bridgehead atoms. The molecule has 0 aliphatic carbocycles. The number of benzene rings is 1. The Kier molecular flexibility index (Phi) is 10.7. The molecule has 1 aromatic carbocycles. The highest BCUT2D eigenvalue weighted by Crippen LogP contribution is 2.16. The van der Waals surface area contributed by atoms with E-state index in [4.69, 9.17) is 14.6 Å². The summed E-state index contributed by atoms with van der Waals surface area (Å²) in [5.74, 6) is -2.00. The highest BCUT2D eigenvalue weighted by Gasteiger charge is 2.31. The van der Waals surface area contributed by atoms with Crippen LogP contribution in [0.15, 0.2) is 42.5 Å². The van der Waals surface area contributed by atoms with Crippen LogP contribution in [0.2, 0.25) is 0 Å². The Morgan fingerprint density at radius 3 is 2.57 bits per heavy atom. The molecular weight excluding hydrogens is 454 g/mol. The van der Waals surface area contributed by atoms with Gasteiger partial charge < -0.3 is 30.5 Å². The summed E-state index contributed by atoms with van der Waals surface area (Å²) in [4.78, 5) is 50.0. The van der Waals surface area contributed by atoms with Gasteiger partial charge in [-0.15, -0.1) is 0 Å². The van der Waals surface area contributed by atoms with E-state index in [-0.39, 0.29) is 50.9 Å². The number of cyclic esters (lactones) is 1. The molecule has 0 saturated heterocycles. The lowest BCUT2D eigenvalue weighted by Gasteiger charge is -2.29. The van der Waals surface area contributed by atoms with E-state index in [1.54, 1.807) is 32.9 Å². The van der Waals surface area contributed by atoms with Crippen molar-refractivity contribution in [3.05, 3.63) is 48.0 Å². The third-order valence-corrected chi connectivity index (χ3v) is 5.27. The molecule has 1 aliphatic rings. The molecule has 10 nitrogen and oxygen atoms in total. The summed E-state index contributed by atoms with van der Waals surface area (Å²) >= 11 is 0. The standard InChI is InChI=1S/C25H35N3O7/c1-17(14-29)26-21(30)13-19-11-7-8-12-20(23(32)35-16-25(2,3)28-22(19)31)27-24(33)34-15-18-9-5-4-6-10-18/h4-10,17,19-20,29H,11-16H2,1-3H3,(H,26,30)(H,27,33)(H,28,31)/t17-,19+,20+/m0/s1. The molecule has 1 aliphatic heterocycles. The molecule has 1 heterocycles. The molecule has 0 aromatic heterocycles. The van der Waals surface area contributed by atoms with E-state index in [1.807, 2.05) is 30.3 Å². The van der Waals surface area contributed by atoms with E-state index in [9.17, 15) is 19.2 Å². The number of hydrogen-bond donors (Lipinski definition) is 4. The molecule has 0 spiro atoms. The normalized spacial score (nSPS) is 21.4. The highest BCUT2D eigenvalue weighted by atomic mass is 16.6. The van der Waals surface area contributed by atoms with Crippen molar-refractivity contribution in [3.63, 3.8) is 0 Å². The molecule has 35 heavy (non-hydrogen) atoms. The summed E-state index contributed by atoms with van der Waals surface area (Å²) in [6.07, 6.45) is 2.91. The van der Waals surface area contributed by atoms with Crippen molar-refractivity contribution in [2.24, 2.45) is 5.92 Å². The van der Waals surface area contributed by atoms with Gasteiger partial charge in [0.25, 0.3) is 0 Å². The first-order chi connectivity index (χ1) is 16.6. The van der Waals surface area contributed by atoms with E-state index in [1.165, 1.54) is 0 Å². The molecule has 2 rings (SSSR count). The average molecular weight is 490 g/mol. The van der Waals surface area contributed by atoms with Gasteiger partial charge in [-0.3, -0.25) is 9.59 Å². The third-order valence-electron chi connectivity index (χ3n) is 5.27. The minimum atomic E-state index is -0.979. The molecule has 10 heteroatoms. The van der Waals surface area contributed by atoms with Crippen LogP contribution in [0.25, 0.3) is 0 Å². The molecule has 1 aromatic rings. The zero-order valence-corrected chi connectivity index (χ0v) is 20.4. The average Bonchev–Trinajstić information content (AvgIpc) is 2.81. The number of ether oxygens (including phenoxy) is 2. The Bertz CT molecular complexity index is 902. The third kappa shape index (κ3) is 10.2. The van der Waals surface area contributed by atoms with Gasteiger partial charge in [0, 0.05) is 12.5 Å². The number of aliphatic hydroxyl groups is 1. The largest absolute Gasteiger partial charge is 0.462 e. The van der Waals surface area contributed by atoms with Crippen molar-refractivity contribution in [2.45, 2.75) is 64.3 Å². The summed E-state index contributed by atoms with van der Waals surface area (Å²) in [6.45, 7) is 4.78. The van der Waals surface area contributed by atoms with E-state index in [2.05, 4.69) is 16.0 Å². The van der Waals surface area contributed by atoms with Gasteiger partial charge in [-0.25, -0.2) is 9.59 Å². The fourth-order valence-corrected chi connectivity index (χ4v) is 3.32. The zero-order valence-electron chi connectivity index (χ0n) is 20.4. The van der Waals surface area contributed by atoms with Gasteiger partial charge in [0.05, 0.1) is 18.1 Å². The monoisotopic (exact) mass is 489 g/mol. The lowest BCUT2D eigenvalue weighted by Crippen LogP contribution is -2.51. The number of rotatable bonds is 7. The fourth-order valence-electron chi connectivity index (χ4n) is 3.32. The van der Waals surface area contributed by atoms with Gasteiger partial charge in [0.1, 0.15) is 19.3 Å². The fraction of sp³-hybridized carbons (Fsp3) is 0.520. The van der Waals surface area contributed by atoms with Crippen LogP contribution < -0.4 is 16.0 Å². The van der Waals surface area contributed by atoms with Crippen LogP contribution in [0.3, 0.4) is 0 Å². The molecule has 0 unspecified atom stereocenters. The topological polar surface area (TPSA) is 143 Å². The van der Waals surface area contributed by atoms with Crippen LogP contribution in [0, 0.1) is 5.92 Å². The Hall–Kier alpha value is -3.40. The number of nitrogens with one attached hydrogen (secondary N) is 3. The lowest BCUT2D eigenvalue weighted by molar-refractivity contribution is -0.149. The molecule has 192 valence electrons. The van der Waals surface area contributed by atoms with Crippen molar-refractivity contribution in [1.82, 2.24) is 16.0 Å². The second-order valence-corrected chi connectivity index (χ2v) is 9.23. The van der Waals surface area contributed by atoms with Crippen LogP contribution in [-0.2, 0) is 30.5 Å². The Balaban J connectivity index is 2.06. The number of carbonyl (C=O) groups is 4. The first kappa shape index (κ1) is 27.8. The number of amides is 3. The number of aliphatic hydroxyl groups excluding tert-OH is 1. The summed E-state index contributed by atoms with van der Waals surface area (Å²) in [5.41, 5.74) is -0.0917. The van der Waals surface area contributed by atoms with Crippen molar-refractivity contribution >= 4 is 23.9 Å². The Morgan fingerprint density at radius 2 is 1.89 bits per heavy atom. The van der Waals surface area contributed by atoms with E-state index < -0.39 is 35.6 Å². The molecule has 3 amide bonds. The van der Waals surface area contributed by atoms with Crippen LogP contribution in [0.1, 0.15) is 45.6 Å². The van der Waals surface area contributed by atoms with E-state index in [0.29, 0.717) is 0 Å². The summed E-state index contributed by atoms with van der Waals surface area (Å²) in [5, 5.41) is 17.1. The molecule has 0 saturated carbocycles. The number of esters is 1. The van der Waals surface area contributed by atoms with Gasteiger partial charge >= 0.3 is 12.1 Å². The van der Waals surface area contributed by atoms with Gasteiger partial charge in [0.2, 0.25) is 11.8 Å². The van der Waals surface area contributed by atoms with Crippen LogP contribution in [-0.4, -0.2) is 59.8 Å². The van der Waals surface area contributed by atoms with Crippen LogP contribution >= 0.6 is 0 Å². The zero-order chi connectivity index (χ0) is 25.8. The number of alkyl carbamates (subject to hydrolysis) is 1. The predicted octanol–water partition coefficient (Wildman–Crippen LogP) is 1.57. The van der Waals surface area contributed by atoms with Gasteiger partial charge in [-0.2, -0.15) is 0 Å². The van der Waals surface area contributed by atoms with Crippen LogP contribution in [0.4, 0.5) is 4.79 Å². The van der Waals surface area contributed by atoms with E-state index in [0.717, 1.165) is 5.56 Å². The summed E-state index contributed by atoms with van der Waals surface area (Å²) in [7, 11) is 0. The quantitative estimate of drug-likeness (QED) is 0.336. The van der Waals surface area contributed by atoms with Crippen molar-refractivity contribution < 1.29 is 33.8 Å². The van der Waals surface area contributed by atoms with Crippen molar-refractivity contribution in [2.75, 3.05) is 13.2 Å². The van der Waals surface area contributed by atoms with Crippen molar-refractivity contribution in [1.29, 1.82) is 0 Å². The van der Waals surface area contributed by atoms with Gasteiger partial charge in [-0.1, -0.05) is 42.5 Å². The number of allylic oxidation sites excluding steroid dienone is 1. The maximum absolute atomic E-state index is 12.8. The lowest BCUT2D eigenvalue weighted by atomic mass is 9.96. The molecular formula is C25H35N3O7. The Morgan fingerprint density at radius 1 is 1.20 bits per heavy atom. The number of hydrogen-bond acceptors (Lipinski definition) is 7. The second-order valence-electron chi connectivity index (χ2n) is 9.23. The smallest absolute Gasteiger partial charge is 0.408 e. The van der Waals surface area contributed by atoms with E-state index >= 15 is 0 Å². The molecule has 0 radical (unpaired) electrons. The number of carbonyl (C=O) groups excluding carboxylic acids is 4. The first-order valence-electron chi connectivity index (χ1n) is 11.6. The van der Waals surface area contributed by atoms with Gasteiger partial charge in [0.15, 0.2) is 0 Å². The maximum Gasteiger partial charge on any atom is 0.408 e. The minimum absolute atomic E-state index is 0.0575. The predicted molar refractivity (Wildman–Crippen MR) is 128 cm³/mol. The van der Waals surface area contributed by atoms with Gasteiger partial charge in [-0.05, 0) is 39.2 Å². The minimum Gasteiger partial charge on any atom is -0.462 e. The summed E-state index contributed by atoms with van der Waals surface area (Å²) < 4.78 is 10.6. The molecule has 3 atom stereocenters.